The van der Waals surface area contributed by atoms with Crippen LogP contribution in [0.25, 0.3) is 60.6 Å². The molecule has 166 valence electrons. The summed E-state index contributed by atoms with van der Waals surface area (Å²) in [5.41, 5.74) is 14.7. The maximum Gasteiger partial charge on any atom is 0.332 e. The summed E-state index contributed by atoms with van der Waals surface area (Å²) in [5.74, 6) is 0. The Labute approximate surface area is 209 Å². The standard InChI is InChI=1S/C33H21BN2/c1-20-30(21-10-3-2-4-11-21)26-16-7-14-25-23-13-9-19-29-31(23)34(36(20)32(25)26)27-17-8-15-24-22-12-5-6-18-28(22)35(29)33(24)27/h2-19H,1H3. The third-order valence-corrected chi connectivity index (χ3v) is 8.50. The molecule has 0 saturated carbocycles. The minimum Gasteiger partial charge on any atom is -0.379 e. The van der Waals surface area contributed by atoms with Crippen molar-refractivity contribution >= 4 is 50.5 Å². The fraction of sp³-hybridized carbons (Fsp3) is 0.0303. The number of rotatable bonds is 1. The molecule has 2 aromatic heterocycles. The van der Waals surface area contributed by atoms with Gasteiger partial charge in [0, 0.05) is 44.2 Å². The lowest BCUT2D eigenvalue weighted by atomic mass is 9.45. The summed E-state index contributed by atoms with van der Waals surface area (Å²) in [5, 5.41) is 4.00. The van der Waals surface area contributed by atoms with Crippen molar-refractivity contribution in [3.8, 4) is 27.9 Å². The molecule has 4 heterocycles. The summed E-state index contributed by atoms with van der Waals surface area (Å²) >= 11 is 0. The average Bonchev–Trinajstić information content (AvgIpc) is 3.43. The zero-order valence-corrected chi connectivity index (χ0v) is 19.9. The van der Waals surface area contributed by atoms with E-state index in [2.05, 4.69) is 125 Å². The fourth-order valence-electron chi connectivity index (χ4n) is 7.21. The van der Waals surface area contributed by atoms with Gasteiger partial charge in [-0.3, -0.25) is 0 Å². The highest BCUT2D eigenvalue weighted by Gasteiger charge is 2.41. The molecule has 7 aromatic rings. The Kier molecular flexibility index (Phi) is 3.33. The van der Waals surface area contributed by atoms with E-state index in [0.717, 1.165) is 0 Å². The zero-order valence-electron chi connectivity index (χ0n) is 19.9. The maximum atomic E-state index is 2.63. The molecule has 36 heavy (non-hydrogen) atoms. The van der Waals surface area contributed by atoms with Gasteiger partial charge in [-0.05, 0) is 41.1 Å². The quantitative estimate of drug-likeness (QED) is 0.245. The Morgan fingerprint density at radius 2 is 1.31 bits per heavy atom. The van der Waals surface area contributed by atoms with E-state index < -0.39 is 0 Å². The number of nitrogens with zero attached hydrogens (tertiary/aromatic N) is 2. The minimum absolute atomic E-state index is 0.145. The van der Waals surface area contributed by atoms with E-state index in [-0.39, 0.29) is 6.85 Å². The van der Waals surface area contributed by atoms with E-state index in [4.69, 9.17) is 0 Å². The lowest BCUT2D eigenvalue weighted by Gasteiger charge is -2.34. The van der Waals surface area contributed by atoms with Crippen LogP contribution in [0.2, 0.25) is 0 Å². The summed E-state index contributed by atoms with van der Waals surface area (Å²) in [4.78, 5) is 0. The molecule has 2 nitrogen and oxygen atoms in total. The number of para-hydroxylation sites is 3. The first-order chi connectivity index (χ1) is 17.8. The highest BCUT2D eigenvalue weighted by atomic mass is 15.0. The highest BCUT2D eigenvalue weighted by molar-refractivity contribution is 6.89. The Bertz CT molecular complexity index is 2060. The first kappa shape index (κ1) is 18.8. The molecule has 2 aliphatic rings. The van der Waals surface area contributed by atoms with Gasteiger partial charge in [-0.15, -0.1) is 0 Å². The minimum atomic E-state index is 0.145. The van der Waals surface area contributed by atoms with Crippen LogP contribution < -0.4 is 10.9 Å². The van der Waals surface area contributed by atoms with Crippen molar-refractivity contribution < 1.29 is 0 Å². The van der Waals surface area contributed by atoms with Gasteiger partial charge in [0.2, 0.25) is 0 Å². The largest absolute Gasteiger partial charge is 0.379 e. The zero-order chi connectivity index (χ0) is 23.5. The highest BCUT2D eigenvalue weighted by Crippen LogP contribution is 2.44. The van der Waals surface area contributed by atoms with Crippen molar-refractivity contribution in [1.29, 1.82) is 0 Å². The second-order valence-corrected chi connectivity index (χ2v) is 10.1. The van der Waals surface area contributed by atoms with Gasteiger partial charge in [-0.1, -0.05) is 97.1 Å². The van der Waals surface area contributed by atoms with Crippen LogP contribution in [-0.2, 0) is 0 Å². The second-order valence-electron chi connectivity index (χ2n) is 10.1. The van der Waals surface area contributed by atoms with E-state index in [1.165, 1.54) is 77.3 Å². The van der Waals surface area contributed by atoms with Crippen molar-refractivity contribution in [1.82, 2.24) is 9.05 Å². The summed E-state index contributed by atoms with van der Waals surface area (Å²) in [7, 11) is 0. The second kappa shape index (κ2) is 6.38. The van der Waals surface area contributed by atoms with E-state index in [9.17, 15) is 0 Å². The lowest BCUT2D eigenvalue weighted by molar-refractivity contribution is 1.13. The number of hydrogen-bond donors (Lipinski definition) is 0. The van der Waals surface area contributed by atoms with Crippen molar-refractivity contribution in [3.05, 3.63) is 115 Å². The van der Waals surface area contributed by atoms with Crippen LogP contribution >= 0.6 is 0 Å². The average molecular weight is 456 g/mol. The molecule has 0 unspecified atom stereocenters. The summed E-state index contributed by atoms with van der Waals surface area (Å²) in [6.07, 6.45) is 0. The molecular weight excluding hydrogens is 435 g/mol. The molecular formula is C33H21BN2. The van der Waals surface area contributed by atoms with E-state index in [1.54, 1.807) is 0 Å². The molecule has 0 N–H and O–H groups in total. The van der Waals surface area contributed by atoms with Crippen molar-refractivity contribution in [2.45, 2.75) is 6.92 Å². The molecule has 0 atom stereocenters. The molecule has 0 aliphatic carbocycles. The molecule has 0 spiro atoms. The number of hydrogen-bond acceptors (Lipinski definition) is 0. The number of benzene rings is 5. The lowest BCUT2D eigenvalue weighted by Crippen LogP contribution is -2.55. The molecule has 9 rings (SSSR count). The van der Waals surface area contributed by atoms with Gasteiger partial charge < -0.3 is 9.05 Å². The molecule has 0 radical (unpaired) electrons. The molecule has 0 fully saturated rings. The van der Waals surface area contributed by atoms with Crippen molar-refractivity contribution in [2.24, 2.45) is 0 Å². The first-order valence-electron chi connectivity index (χ1n) is 12.7. The van der Waals surface area contributed by atoms with Gasteiger partial charge >= 0.3 is 6.85 Å². The van der Waals surface area contributed by atoms with Crippen LogP contribution in [0.1, 0.15) is 5.69 Å². The van der Waals surface area contributed by atoms with Crippen LogP contribution in [0.4, 0.5) is 0 Å². The van der Waals surface area contributed by atoms with Crippen LogP contribution in [-0.4, -0.2) is 15.9 Å². The van der Waals surface area contributed by atoms with E-state index >= 15 is 0 Å². The van der Waals surface area contributed by atoms with Crippen molar-refractivity contribution in [3.63, 3.8) is 0 Å². The predicted molar refractivity (Wildman–Crippen MR) is 152 cm³/mol. The van der Waals surface area contributed by atoms with Crippen LogP contribution in [0.15, 0.2) is 109 Å². The van der Waals surface area contributed by atoms with Crippen LogP contribution in [0, 0.1) is 6.92 Å². The molecule has 0 saturated heterocycles. The number of aromatic nitrogens is 2. The molecule has 0 amide bonds. The Balaban J connectivity index is 1.52. The fourth-order valence-corrected chi connectivity index (χ4v) is 7.21. The Morgan fingerprint density at radius 3 is 2.22 bits per heavy atom. The van der Waals surface area contributed by atoms with Gasteiger partial charge in [0.1, 0.15) is 0 Å². The molecule has 3 heteroatoms. The number of fused-ring (bicyclic) bond motifs is 7. The normalized spacial score (nSPS) is 13.1. The van der Waals surface area contributed by atoms with Crippen LogP contribution in [0.5, 0.6) is 0 Å². The Hall–Kier alpha value is -4.50. The molecule has 2 aliphatic heterocycles. The first-order valence-corrected chi connectivity index (χ1v) is 12.7. The van der Waals surface area contributed by atoms with Crippen molar-refractivity contribution in [2.75, 3.05) is 0 Å². The molecule has 5 aromatic carbocycles. The van der Waals surface area contributed by atoms with Gasteiger partial charge in [0.05, 0.1) is 11.0 Å². The summed E-state index contributed by atoms with van der Waals surface area (Å²) in [6.45, 7) is 2.45. The Morgan fingerprint density at radius 1 is 0.583 bits per heavy atom. The molecule has 0 bridgehead atoms. The van der Waals surface area contributed by atoms with Gasteiger partial charge in [0.25, 0.3) is 0 Å². The summed E-state index contributed by atoms with van der Waals surface area (Å²) in [6, 6.07) is 40.3. The van der Waals surface area contributed by atoms with Crippen LogP contribution in [0.3, 0.4) is 0 Å². The van der Waals surface area contributed by atoms with E-state index in [0.29, 0.717) is 0 Å². The van der Waals surface area contributed by atoms with Gasteiger partial charge in [-0.2, -0.15) is 0 Å². The van der Waals surface area contributed by atoms with Gasteiger partial charge in [0.15, 0.2) is 0 Å². The predicted octanol–water partition coefficient (Wildman–Crippen LogP) is 6.66. The third kappa shape index (κ3) is 2.04. The maximum absolute atomic E-state index is 2.63. The van der Waals surface area contributed by atoms with E-state index in [1.807, 2.05) is 0 Å². The third-order valence-electron chi connectivity index (χ3n) is 8.50. The topological polar surface area (TPSA) is 9.86 Å². The monoisotopic (exact) mass is 456 g/mol. The smallest absolute Gasteiger partial charge is 0.332 e. The SMILES string of the molecule is Cc1c(-c2ccccc2)c2cccc3c2n1B1c2c-3cccc2-n2c3ccccc3c3cccc1c32. The summed E-state index contributed by atoms with van der Waals surface area (Å²) < 4.78 is 5.15. The van der Waals surface area contributed by atoms with Gasteiger partial charge in [-0.25, -0.2) is 0 Å².